The molecular weight excluding hydrogens is 414 g/mol. The van der Waals surface area contributed by atoms with Crippen LogP contribution in [-0.4, -0.2) is 29.2 Å². The van der Waals surface area contributed by atoms with Gasteiger partial charge < -0.3 is 23.9 Å². The van der Waals surface area contributed by atoms with Crippen LogP contribution >= 0.6 is 11.3 Å². The van der Waals surface area contributed by atoms with E-state index in [-0.39, 0.29) is 30.9 Å². The van der Waals surface area contributed by atoms with E-state index in [0.29, 0.717) is 18.1 Å². The second-order valence-corrected chi connectivity index (χ2v) is 8.43. The molecule has 1 atom stereocenters. The first-order chi connectivity index (χ1) is 15.2. The van der Waals surface area contributed by atoms with Gasteiger partial charge in [0.15, 0.2) is 0 Å². The standard InChI is InChI=1S/C24H27NO5S/c1-17-21(19-10-7-15-31-19)25(12-13-26)24(30-20-11-5-6-14-28-20)23(22(17)27)29-16-18-8-3-2-4-9-18/h2-4,7-10,15,20,26H,5-6,11-14,16H2,1H3. The molecule has 1 unspecified atom stereocenters. The van der Waals surface area contributed by atoms with E-state index in [0.717, 1.165) is 35.4 Å². The van der Waals surface area contributed by atoms with Gasteiger partial charge in [-0.15, -0.1) is 11.3 Å². The lowest BCUT2D eigenvalue weighted by Crippen LogP contribution is -2.29. The fraction of sp³-hybridized carbons (Fsp3) is 0.375. The second-order valence-electron chi connectivity index (χ2n) is 7.48. The lowest BCUT2D eigenvalue weighted by atomic mass is 10.1. The Morgan fingerprint density at radius 2 is 2.03 bits per heavy atom. The lowest BCUT2D eigenvalue weighted by Gasteiger charge is -2.28. The van der Waals surface area contributed by atoms with Gasteiger partial charge >= 0.3 is 0 Å². The molecule has 0 amide bonds. The third kappa shape index (κ3) is 4.84. The van der Waals surface area contributed by atoms with Crippen molar-refractivity contribution in [3.05, 3.63) is 69.2 Å². The summed E-state index contributed by atoms with van der Waals surface area (Å²) >= 11 is 1.54. The van der Waals surface area contributed by atoms with Gasteiger partial charge in [-0.25, -0.2) is 0 Å². The van der Waals surface area contributed by atoms with Gasteiger partial charge in [-0.1, -0.05) is 36.4 Å². The summed E-state index contributed by atoms with van der Waals surface area (Å²) in [5, 5.41) is 11.8. The highest BCUT2D eigenvalue weighted by Gasteiger charge is 2.27. The molecule has 1 saturated heterocycles. The number of thiophene rings is 1. The quantitative estimate of drug-likeness (QED) is 0.562. The molecule has 6 nitrogen and oxygen atoms in total. The van der Waals surface area contributed by atoms with Gasteiger partial charge in [0.05, 0.1) is 23.8 Å². The van der Waals surface area contributed by atoms with Crippen LogP contribution in [0.5, 0.6) is 11.6 Å². The number of aromatic nitrogens is 1. The zero-order valence-electron chi connectivity index (χ0n) is 17.6. The minimum atomic E-state index is -0.448. The fourth-order valence-electron chi connectivity index (χ4n) is 3.75. The summed E-state index contributed by atoms with van der Waals surface area (Å²) in [5.41, 5.74) is 2.05. The Morgan fingerprint density at radius 3 is 2.71 bits per heavy atom. The van der Waals surface area contributed by atoms with Crippen molar-refractivity contribution in [3.8, 4) is 22.2 Å². The molecule has 0 bridgehead atoms. The van der Waals surface area contributed by atoms with E-state index in [2.05, 4.69) is 0 Å². The molecule has 0 spiro atoms. The summed E-state index contributed by atoms with van der Waals surface area (Å²) in [6.07, 6.45) is 2.29. The van der Waals surface area contributed by atoms with E-state index < -0.39 is 6.29 Å². The molecule has 0 saturated carbocycles. The number of hydrogen-bond donors (Lipinski definition) is 1. The molecule has 1 N–H and O–H groups in total. The SMILES string of the molecule is Cc1c(-c2cccs2)n(CCO)c(OC2CCCCO2)c(OCc2ccccc2)c1=O. The van der Waals surface area contributed by atoms with Crippen LogP contribution in [0.1, 0.15) is 30.4 Å². The van der Waals surface area contributed by atoms with Crippen LogP contribution in [-0.2, 0) is 17.9 Å². The zero-order valence-corrected chi connectivity index (χ0v) is 18.4. The Hall–Kier alpha value is -2.61. The minimum absolute atomic E-state index is 0.0965. The third-order valence-electron chi connectivity index (χ3n) is 5.30. The molecular formula is C24H27NO5S. The number of benzene rings is 1. The van der Waals surface area contributed by atoms with Crippen molar-refractivity contribution < 1.29 is 19.3 Å². The first kappa shape index (κ1) is 21.6. The molecule has 7 heteroatoms. The summed E-state index contributed by atoms with van der Waals surface area (Å²) in [6.45, 7) is 2.84. The molecule has 0 aliphatic carbocycles. The van der Waals surface area contributed by atoms with Crippen LogP contribution in [0, 0.1) is 6.92 Å². The molecule has 3 heterocycles. The zero-order chi connectivity index (χ0) is 21.6. The van der Waals surface area contributed by atoms with Crippen LogP contribution in [0.4, 0.5) is 0 Å². The van der Waals surface area contributed by atoms with E-state index in [1.807, 2.05) is 52.4 Å². The van der Waals surface area contributed by atoms with Crippen molar-refractivity contribution >= 4 is 11.3 Å². The van der Waals surface area contributed by atoms with Crippen LogP contribution in [0.25, 0.3) is 10.6 Å². The van der Waals surface area contributed by atoms with Gasteiger partial charge in [0.2, 0.25) is 23.3 Å². The van der Waals surface area contributed by atoms with E-state index in [4.69, 9.17) is 14.2 Å². The minimum Gasteiger partial charge on any atom is -0.480 e. The van der Waals surface area contributed by atoms with Gasteiger partial charge in [0, 0.05) is 18.5 Å². The van der Waals surface area contributed by atoms with Crippen molar-refractivity contribution in [1.29, 1.82) is 0 Å². The lowest BCUT2D eigenvalue weighted by molar-refractivity contribution is -0.110. The van der Waals surface area contributed by atoms with Crippen molar-refractivity contribution in [2.75, 3.05) is 13.2 Å². The van der Waals surface area contributed by atoms with Gasteiger partial charge in [-0.2, -0.15) is 0 Å². The van der Waals surface area contributed by atoms with E-state index in [9.17, 15) is 9.90 Å². The van der Waals surface area contributed by atoms with Crippen molar-refractivity contribution in [2.45, 2.75) is 45.6 Å². The average Bonchev–Trinajstić information content (AvgIpc) is 3.33. The number of aliphatic hydroxyl groups excluding tert-OH is 1. The number of hydrogen-bond acceptors (Lipinski definition) is 6. The number of rotatable bonds is 8. The highest BCUT2D eigenvalue weighted by molar-refractivity contribution is 7.13. The van der Waals surface area contributed by atoms with E-state index >= 15 is 0 Å². The van der Waals surface area contributed by atoms with Crippen molar-refractivity contribution in [2.24, 2.45) is 0 Å². The Kier molecular flexibility index (Phi) is 7.06. The first-order valence-electron chi connectivity index (χ1n) is 10.6. The normalized spacial score (nSPS) is 16.3. The second kappa shape index (κ2) is 10.1. The highest BCUT2D eigenvalue weighted by atomic mass is 32.1. The summed E-state index contributed by atoms with van der Waals surface area (Å²) in [5.74, 6) is 0.472. The summed E-state index contributed by atoms with van der Waals surface area (Å²) in [4.78, 5) is 14.3. The van der Waals surface area contributed by atoms with Gasteiger partial charge in [-0.3, -0.25) is 4.79 Å². The predicted molar refractivity (Wildman–Crippen MR) is 121 cm³/mol. The predicted octanol–water partition coefficient (Wildman–Crippen LogP) is 4.36. The van der Waals surface area contributed by atoms with Crippen LogP contribution in [0.15, 0.2) is 52.6 Å². The molecule has 1 aromatic carbocycles. The molecule has 3 aromatic rings. The van der Waals surface area contributed by atoms with Crippen molar-refractivity contribution in [3.63, 3.8) is 0 Å². The number of nitrogens with zero attached hydrogens (tertiary/aromatic N) is 1. The third-order valence-corrected chi connectivity index (χ3v) is 6.17. The Morgan fingerprint density at radius 1 is 1.19 bits per heavy atom. The number of aliphatic hydroxyl groups is 1. The topological polar surface area (TPSA) is 69.9 Å². The maximum atomic E-state index is 13.4. The van der Waals surface area contributed by atoms with Crippen molar-refractivity contribution in [1.82, 2.24) is 4.57 Å². The Bertz CT molecular complexity index is 1040. The Labute approximate surface area is 185 Å². The van der Waals surface area contributed by atoms with Gasteiger partial charge in [0.25, 0.3) is 0 Å². The summed E-state index contributed by atoms with van der Waals surface area (Å²) in [6, 6.07) is 13.6. The molecule has 164 valence electrons. The number of ether oxygens (including phenoxy) is 3. The first-order valence-corrected chi connectivity index (χ1v) is 11.4. The number of pyridine rings is 1. The summed E-state index contributed by atoms with van der Waals surface area (Å²) in [7, 11) is 0. The largest absolute Gasteiger partial charge is 0.480 e. The molecule has 1 fully saturated rings. The molecule has 2 aromatic heterocycles. The molecule has 1 aliphatic heterocycles. The maximum absolute atomic E-state index is 13.4. The average molecular weight is 442 g/mol. The van der Waals surface area contributed by atoms with Crippen LogP contribution < -0.4 is 14.9 Å². The fourth-order valence-corrected chi connectivity index (χ4v) is 4.58. The highest BCUT2D eigenvalue weighted by Crippen LogP contribution is 2.36. The molecule has 1 aliphatic rings. The van der Waals surface area contributed by atoms with Gasteiger partial charge in [0.1, 0.15) is 6.61 Å². The van der Waals surface area contributed by atoms with Crippen LogP contribution in [0.3, 0.4) is 0 Å². The Balaban J connectivity index is 1.81. The molecule has 4 rings (SSSR count). The van der Waals surface area contributed by atoms with E-state index in [1.54, 1.807) is 18.3 Å². The van der Waals surface area contributed by atoms with Gasteiger partial charge in [-0.05, 0) is 36.8 Å². The van der Waals surface area contributed by atoms with Crippen LogP contribution in [0.2, 0.25) is 0 Å². The monoisotopic (exact) mass is 441 g/mol. The molecule has 0 radical (unpaired) electrons. The molecule has 31 heavy (non-hydrogen) atoms. The summed E-state index contributed by atoms with van der Waals surface area (Å²) < 4.78 is 19.9. The smallest absolute Gasteiger partial charge is 0.244 e. The maximum Gasteiger partial charge on any atom is 0.244 e. The van der Waals surface area contributed by atoms with E-state index in [1.165, 1.54) is 0 Å².